The largest absolute Gasteiger partial charge is 0.418 e. The van der Waals surface area contributed by atoms with E-state index in [2.05, 4.69) is 20.6 Å². The highest BCUT2D eigenvalue weighted by Gasteiger charge is 2.51. The number of hydrogen-bond donors (Lipinski definition) is 3. The Hall–Kier alpha value is -8.90. The lowest BCUT2D eigenvalue weighted by atomic mass is 9.87. The number of carbonyl (C=O) groups is 7. The Bertz CT molecular complexity index is 3560. The molecule has 2 saturated carbocycles. The van der Waals surface area contributed by atoms with E-state index in [9.17, 15) is 68.7 Å². The molecule has 4 heterocycles. The van der Waals surface area contributed by atoms with E-state index in [0.29, 0.717) is 12.1 Å². The second kappa shape index (κ2) is 23.5. The summed E-state index contributed by atoms with van der Waals surface area (Å²) >= 11 is 12.8. The molecule has 19 nitrogen and oxygen atoms in total. The number of nitrogens with two attached hydrogens (primary N) is 1. The van der Waals surface area contributed by atoms with Gasteiger partial charge in [-0.25, -0.2) is 45.1 Å². The van der Waals surface area contributed by atoms with Crippen molar-refractivity contribution in [3.8, 4) is 6.07 Å². The lowest BCUT2D eigenvalue weighted by Gasteiger charge is -2.39. The quantitative estimate of drug-likeness (QED) is 0.0817. The van der Waals surface area contributed by atoms with Crippen molar-refractivity contribution < 1.29 is 77.5 Å². The number of nitrogens with one attached hydrogen (secondary N) is 2. The van der Waals surface area contributed by atoms with Crippen LogP contribution in [-0.2, 0) is 28.8 Å². The third kappa shape index (κ3) is 12.6. The van der Waals surface area contributed by atoms with Gasteiger partial charge in [0, 0.05) is 83.9 Å². The zero-order chi connectivity index (χ0) is 59.8. The van der Waals surface area contributed by atoms with Gasteiger partial charge >= 0.3 is 12.0 Å². The van der Waals surface area contributed by atoms with Crippen molar-refractivity contribution in [1.82, 2.24) is 20.6 Å². The van der Waals surface area contributed by atoms with Crippen LogP contribution >= 0.6 is 23.2 Å². The van der Waals surface area contributed by atoms with Crippen LogP contribution in [0.25, 0.3) is 0 Å². The molecule has 4 atom stereocenters. The molecule has 4 aromatic carbocycles. The predicted octanol–water partition coefficient (Wildman–Crippen LogP) is 8.55. The number of aromatic nitrogens is 2. The maximum atomic E-state index is 14.5. The highest BCUT2D eigenvalue weighted by molar-refractivity contribution is 6.32. The van der Waals surface area contributed by atoms with Crippen LogP contribution in [0.1, 0.15) is 90.9 Å². The number of hydrogen-bond acceptors (Lipinski definition) is 12. The van der Waals surface area contributed by atoms with Crippen LogP contribution in [0.4, 0.5) is 58.5 Å². The number of anilines is 4. The standard InChI is InChI=1S/C27H22ClF4N5O5.C27H20ClF4N5O4/c28-18-4-2-1-3-17(18)22(24(40)35-15-10-27(31,32)11-15)36(16-8-13(29)7-14(30)9-16)25(41)19-5-6-21(38)37(19)26-34-12-20(42-26)23(33)39;28-20-4-2-1-3-19(20)23(24(39)35-16-10-27(31,32)11-16)36(17-8-14(29)7-15(30)9-17)25(40)21-5-6-22(38)37(21)26-34-13-18(12-33)41-26/h1-4,7-9,12,15,19,22H,5-6,10-11H2,(H2,33,39)(H,35,40);1-4,7-9,13,16,21,23H,5-6,10-11H2,(H,35,39)/t19?,22-;21?,23-/m00/s1. The number of nitrogens with zero attached hydrogens (tertiary/aromatic N) is 7. The molecular formula is C54H42Cl2F8N10O9. The molecule has 2 aromatic heterocycles. The van der Waals surface area contributed by atoms with E-state index in [-0.39, 0.29) is 58.6 Å². The molecule has 432 valence electrons. The van der Waals surface area contributed by atoms with Crippen molar-refractivity contribution in [2.45, 2.75) is 99.5 Å². The number of carbonyl (C=O) groups excluding carboxylic acids is 7. The molecule has 4 aliphatic rings. The number of halogens is 10. The van der Waals surface area contributed by atoms with Gasteiger partial charge in [0.25, 0.3) is 29.6 Å². The Morgan fingerprint density at radius 2 is 1.02 bits per heavy atom. The van der Waals surface area contributed by atoms with Gasteiger partial charge < -0.3 is 25.2 Å². The molecular weight excluding hydrogens is 1160 g/mol. The van der Waals surface area contributed by atoms with Crippen molar-refractivity contribution in [2.75, 3.05) is 19.6 Å². The van der Waals surface area contributed by atoms with Crippen molar-refractivity contribution in [2.24, 2.45) is 5.73 Å². The zero-order valence-corrected chi connectivity index (χ0v) is 44.0. The Labute approximate surface area is 473 Å². The van der Waals surface area contributed by atoms with Crippen molar-refractivity contribution in [1.29, 1.82) is 5.26 Å². The third-order valence-electron chi connectivity index (χ3n) is 13.8. The number of oxazole rings is 2. The SMILES string of the molecule is N#Cc1cnc(N2C(=O)CCC2C(=O)N(c2cc(F)cc(F)c2)[C@H](C(=O)NC2CC(F)(F)C2)c2ccccc2Cl)o1.NC(=O)c1cnc(N2C(=O)CCC2C(=O)N(c2cc(F)cc(F)c2)[C@H](C(=O)NC2CC(F)(F)C2)c2ccccc2Cl)o1. The average Bonchev–Trinajstić information content (AvgIpc) is 3.87. The number of rotatable bonds is 15. The van der Waals surface area contributed by atoms with Gasteiger partial charge in [0.15, 0.2) is 0 Å². The maximum Gasteiger partial charge on any atom is 0.306 e. The third-order valence-corrected chi connectivity index (χ3v) is 14.4. The van der Waals surface area contributed by atoms with Crippen LogP contribution in [-0.4, -0.2) is 87.3 Å². The summed E-state index contributed by atoms with van der Waals surface area (Å²) in [6, 6.07) is 8.92. The van der Waals surface area contributed by atoms with Crippen LogP contribution < -0.4 is 36.0 Å². The molecule has 2 aliphatic heterocycles. The smallest absolute Gasteiger partial charge is 0.306 e. The summed E-state index contributed by atoms with van der Waals surface area (Å²) in [6.07, 6.45) is -1.10. The molecule has 6 aromatic rings. The number of primary amides is 1. The minimum atomic E-state index is -2.98. The van der Waals surface area contributed by atoms with Gasteiger partial charge in [-0.05, 0) is 49.2 Å². The molecule has 2 aliphatic carbocycles. The molecule has 29 heteroatoms. The lowest BCUT2D eigenvalue weighted by molar-refractivity contribution is -0.133. The molecule has 2 unspecified atom stereocenters. The van der Waals surface area contributed by atoms with E-state index in [1.54, 1.807) is 12.1 Å². The molecule has 7 amide bonds. The Balaban J connectivity index is 0.000000200. The van der Waals surface area contributed by atoms with Crippen LogP contribution in [0.5, 0.6) is 0 Å². The molecule has 83 heavy (non-hydrogen) atoms. The van der Waals surface area contributed by atoms with Crippen molar-refractivity contribution >= 4 is 88.0 Å². The van der Waals surface area contributed by atoms with Gasteiger partial charge in [0.05, 0.1) is 23.8 Å². The van der Waals surface area contributed by atoms with Crippen molar-refractivity contribution in [3.63, 3.8) is 0 Å². The Kier molecular flexibility index (Phi) is 16.6. The molecule has 4 fully saturated rings. The molecule has 10 rings (SSSR count). The van der Waals surface area contributed by atoms with Gasteiger partial charge in [0.1, 0.15) is 53.5 Å². The maximum absolute atomic E-state index is 14.5. The highest BCUT2D eigenvalue weighted by Crippen LogP contribution is 2.43. The fourth-order valence-corrected chi connectivity index (χ4v) is 10.5. The molecule has 4 N–H and O–H groups in total. The van der Waals surface area contributed by atoms with Gasteiger partial charge in [-0.2, -0.15) is 5.26 Å². The van der Waals surface area contributed by atoms with Crippen LogP contribution in [0.2, 0.25) is 10.0 Å². The normalized spacial score (nSPS) is 18.9. The van der Waals surface area contributed by atoms with E-state index in [0.717, 1.165) is 56.3 Å². The van der Waals surface area contributed by atoms with Crippen LogP contribution in [0.3, 0.4) is 0 Å². The second-order valence-electron chi connectivity index (χ2n) is 19.6. The first-order valence-electron chi connectivity index (χ1n) is 25.0. The number of alkyl halides is 4. The molecule has 0 spiro atoms. The zero-order valence-electron chi connectivity index (χ0n) is 42.5. The number of nitriles is 1. The summed E-state index contributed by atoms with van der Waals surface area (Å²) in [7, 11) is 0. The topological polar surface area (TPSA) is 258 Å². The first-order valence-corrected chi connectivity index (χ1v) is 25.8. The van der Waals surface area contributed by atoms with Crippen molar-refractivity contribution in [3.05, 3.63) is 153 Å². The first-order chi connectivity index (χ1) is 39.3. The minimum absolute atomic E-state index is 0.00646. The fraction of sp³-hybridized carbons (Fsp3) is 0.296. The monoisotopic (exact) mass is 1200 g/mol. The van der Waals surface area contributed by atoms with E-state index in [1.807, 2.05) is 0 Å². The first kappa shape index (κ1) is 58.7. The summed E-state index contributed by atoms with van der Waals surface area (Å²) in [5.41, 5.74) is 4.45. The Morgan fingerprint density at radius 1 is 0.639 bits per heavy atom. The van der Waals surface area contributed by atoms with Gasteiger partial charge in [-0.1, -0.05) is 59.6 Å². The summed E-state index contributed by atoms with van der Waals surface area (Å²) in [5.74, 6) is -17.0. The fourth-order valence-electron chi connectivity index (χ4n) is 9.99. The highest BCUT2D eigenvalue weighted by atomic mass is 35.5. The summed E-state index contributed by atoms with van der Waals surface area (Å²) < 4.78 is 123. The predicted molar refractivity (Wildman–Crippen MR) is 276 cm³/mol. The summed E-state index contributed by atoms with van der Waals surface area (Å²) in [6.45, 7) is 0. The molecule has 0 radical (unpaired) electrons. The number of benzene rings is 4. The molecule has 0 bridgehead atoms. The number of amides is 7. The summed E-state index contributed by atoms with van der Waals surface area (Å²) in [5, 5.41) is 14.0. The summed E-state index contributed by atoms with van der Waals surface area (Å²) in [4.78, 5) is 104. The van der Waals surface area contributed by atoms with Gasteiger partial charge in [-0.3, -0.25) is 53.2 Å². The minimum Gasteiger partial charge on any atom is -0.418 e. The van der Waals surface area contributed by atoms with E-state index in [1.165, 1.54) is 42.5 Å². The van der Waals surface area contributed by atoms with E-state index in [4.69, 9.17) is 43.0 Å². The van der Waals surface area contributed by atoms with E-state index >= 15 is 0 Å². The van der Waals surface area contributed by atoms with Crippen LogP contribution in [0.15, 0.2) is 106 Å². The van der Waals surface area contributed by atoms with E-state index < -0.39 is 162 Å². The molecule has 2 saturated heterocycles. The van der Waals surface area contributed by atoms with Gasteiger partial charge in [0.2, 0.25) is 35.1 Å². The Morgan fingerprint density at radius 3 is 1.37 bits per heavy atom. The van der Waals surface area contributed by atoms with Gasteiger partial charge in [-0.15, -0.1) is 0 Å². The second-order valence-corrected chi connectivity index (χ2v) is 20.4. The lowest BCUT2D eigenvalue weighted by Crippen LogP contribution is -2.56. The average molecular weight is 1200 g/mol. The van der Waals surface area contributed by atoms with Crippen LogP contribution in [0, 0.1) is 34.6 Å².